The summed E-state index contributed by atoms with van der Waals surface area (Å²) >= 11 is 13.1. The van der Waals surface area contributed by atoms with Crippen molar-refractivity contribution in [2.75, 3.05) is 31.3 Å². The number of hydrogen-bond donors (Lipinski definition) is 1. The first kappa shape index (κ1) is 34.4. The lowest BCUT2D eigenvalue weighted by Gasteiger charge is -2.35. The van der Waals surface area contributed by atoms with Crippen LogP contribution in [0.15, 0.2) is 66.7 Å². The maximum absolute atomic E-state index is 14.4. The quantitative estimate of drug-likeness (QED) is 0.243. The molecule has 12 heteroatoms. The van der Waals surface area contributed by atoms with Gasteiger partial charge in [0, 0.05) is 40.7 Å². The molecule has 2 amide bonds. The Bertz CT molecular complexity index is 1560. The van der Waals surface area contributed by atoms with Crippen molar-refractivity contribution in [3.05, 3.63) is 87.9 Å². The molecule has 3 aromatic carbocycles. The second-order valence-corrected chi connectivity index (χ2v) is 13.8. The van der Waals surface area contributed by atoms with Crippen LogP contribution in [0.3, 0.4) is 0 Å². The van der Waals surface area contributed by atoms with Crippen LogP contribution in [0.1, 0.15) is 43.2 Å². The van der Waals surface area contributed by atoms with Crippen LogP contribution in [-0.4, -0.2) is 64.2 Å². The second kappa shape index (κ2) is 15.7. The van der Waals surface area contributed by atoms with Gasteiger partial charge in [-0.3, -0.25) is 13.9 Å². The van der Waals surface area contributed by atoms with E-state index in [9.17, 15) is 18.0 Å². The maximum atomic E-state index is 14.4. The Balaban J connectivity index is 1.78. The minimum atomic E-state index is -4.00. The third kappa shape index (κ3) is 9.05. The standard InChI is InChI=1S/C33H39Cl2N3O6S/c1-43-25-17-18-29(31(20-25)44-2)38(45(3,41)42)22-32(39)37(21-26-27(34)15-10-16-28(26)35)30(19-23-11-6-4-7-12-23)33(40)36-24-13-8-5-9-14-24/h4,6-7,10-12,15-18,20,24,30H,5,8-9,13-14,19,21-22H2,1-3H3,(H,36,40). The van der Waals surface area contributed by atoms with Gasteiger partial charge >= 0.3 is 0 Å². The van der Waals surface area contributed by atoms with Gasteiger partial charge in [0.05, 0.1) is 26.2 Å². The van der Waals surface area contributed by atoms with E-state index in [2.05, 4.69) is 5.32 Å². The first-order valence-corrected chi connectivity index (χ1v) is 17.4. The largest absolute Gasteiger partial charge is 0.497 e. The van der Waals surface area contributed by atoms with Crippen molar-refractivity contribution in [3.63, 3.8) is 0 Å². The third-order valence-corrected chi connectivity index (χ3v) is 9.78. The van der Waals surface area contributed by atoms with E-state index in [4.69, 9.17) is 32.7 Å². The average molecular weight is 677 g/mol. The molecule has 0 heterocycles. The predicted octanol–water partition coefficient (Wildman–Crippen LogP) is 5.87. The number of ether oxygens (including phenoxy) is 2. The molecule has 1 fully saturated rings. The Labute approximate surface area is 275 Å². The lowest BCUT2D eigenvalue weighted by molar-refractivity contribution is -0.140. The number of carbonyl (C=O) groups is 2. The molecule has 1 atom stereocenters. The lowest BCUT2D eigenvalue weighted by atomic mass is 9.94. The summed E-state index contributed by atoms with van der Waals surface area (Å²) in [7, 11) is -1.12. The monoisotopic (exact) mass is 675 g/mol. The number of carbonyl (C=O) groups excluding carboxylic acids is 2. The molecule has 1 unspecified atom stereocenters. The van der Waals surface area contributed by atoms with Crippen molar-refractivity contribution in [2.24, 2.45) is 0 Å². The molecule has 0 saturated heterocycles. The van der Waals surface area contributed by atoms with Gasteiger partial charge in [-0.15, -0.1) is 0 Å². The van der Waals surface area contributed by atoms with Crippen LogP contribution in [0.2, 0.25) is 10.0 Å². The molecule has 9 nitrogen and oxygen atoms in total. The van der Waals surface area contributed by atoms with E-state index >= 15 is 0 Å². The number of rotatable bonds is 13. The molecule has 45 heavy (non-hydrogen) atoms. The third-order valence-electron chi connectivity index (χ3n) is 7.95. The molecular formula is C33H39Cl2N3O6S. The summed E-state index contributed by atoms with van der Waals surface area (Å²) in [5, 5.41) is 3.82. The molecule has 3 aromatic rings. The summed E-state index contributed by atoms with van der Waals surface area (Å²) < 4.78 is 38.1. The molecule has 242 valence electrons. The summed E-state index contributed by atoms with van der Waals surface area (Å²) in [6, 6.07) is 18.0. The van der Waals surface area contributed by atoms with E-state index in [1.54, 1.807) is 24.3 Å². The molecule has 0 spiro atoms. The number of nitrogens with zero attached hydrogens (tertiary/aromatic N) is 2. The summed E-state index contributed by atoms with van der Waals surface area (Å²) in [5.41, 5.74) is 1.43. The summed E-state index contributed by atoms with van der Waals surface area (Å²) in [6.07, 6.45) is 6.05. The van der Waals surface area contributed by atoms with Crippen molar-refractivity contribution < 1.29 is 27.5 Å². The topological polar surface area (TPSA) is 105 Å². The molecule has 0 radical (unpaired) electrons. The smallest absolute Gasteiger partial charge is 0.244 e. The van der Waals surface area contributed by atoms with Gasteiger partial charge in [-0.05, 0) is 42.7 Å². The summed E-state index contributed by atoms with van der Waals surface area (Å²) in [6.45, 7) is -0.726. The van der Waals surface area contributed by atoms with Crippen molar-refractivity contribution in [1.82, 2.24) is 10.2 Å². The number of nitrogens with one attached hydrogen (secondary N) is 1. The molecule has 0 aliphatic heterocycles. The van der Waals surface area contributed by atoms with Crippen molar-refractivity contribution in [1.29, 1.82) is 0 Å². The van der Waals surface area contributed by atoms with E-state index in [-0.39, 0.29) is 36.4 Å². The van der Waals surface area contributed by atoms with E-state index in [1.165, 1.54) is 31.3 Å². The summed E-state index contributed by atoms with van der Waals surface area (Å²) in [5.74, 6) is -0.291. The van der Waals surface area contributed by atoms with E-state index < -0.39 is 28.5 Å². The van der Waals surface area contributed by atoms with Gasteiger partial charge in [0.25, 0.3) is 0 Å². The van der Waals surface area contributed by atoms with Crippen molar-refractivity contribution in [3.8, 4) is 11.5 Å². The van der Waals surface area contributed by atoms with Gasteiger partial charge in [0.2, 0.25) is 21.8 Å². The Morgan fingerprint density at radius 2 is 1.60 bits per heavy atom. The number of benzene rings is 3. The normalized spacial score (nSPS) is 14.3. The van der Waals surface area contributed by atoms with Gasteiger partial charge in [-0.2, -0.15) is 0 Å². The van der Waals surface area contributed by atoms with Crippen LogP contribution in [0.25, 0.3) is 0 Å². The molecule has 1 aliphatic carbocycles. The lowest BCUT2D eigenvalue weighted by Crippen LogP contribution is -2.55. The predicted molar refractivity (Wildman–Crippen MR) is 178 cm³/mol. The number of halogens is 2. The van der Waals surface area contributed by atoms with Crippen molar-refractivity contribution >= 4 is 50.7 Å². The SMILES string of the molecule is COc1ccc(N(CC(=O)N(Cc2c(Cl)cccc2Cl)C(Cc2ccccc2)C(=O)NC2CCCCC2)S(C)(=O)=O)c(OC)c1. The van der Waals surface area contributed by atoms with Gasteiger partial charge in [0.15, 0.2) is 0 Å². The van der Waals surface area contributed by atoms with Crippen LogP contribution in [0.5, 0.6) is 11.5 Å². The number of methoxy groups -OCH3 is 2. The number of anilines is 1. The Morgan fingerprint density at radius 3 is 2.20 bits per heavy atom. The highest BCUT2D eigenvalue weighted by molar-refractivity contribution is 7.92. The highest BCUT2D eigenvalue weighted by Gasteiger charge is 2.35. The average Bonchev–Trinajstić information content (AvgIpc) is 3.02. The fourth-order valence-electron chi connectivity index (χ4n) is 5.54. The Morgan fingerprint density at radius 1 is 0.933 bits per heavy atom. The zero-order valence-corrected chi connectivity index (χ0v) is 28.0. The van der Waals surface area contributed by atoms with Gasteiger partial charge in [-0.25, -0.2) is 8.42 Å². The molecule has 4 rings (SSSR count). The van der Waals surface area contributed by atoms with E-state index in [0.29, 0.717) is 21.4 Å². The maximum Gasteiger partial charge on any atom is 0.244 e. The fraction of sp³-hybridized carbons (Fsp3) is 0.394. The van der Waals surface area contributed by atoms with Gasteiger partial charge in [0.1, 0.15) is 24.1 Å². The second-order valence-electron chi connectivity index (χ2n) is 11.1. The number of amides is 2. The number of hydrogen-bond acceptors (Lipinski definition) is 6. The molecule has 0 bridgehead atoms. The molecule has 1 N–H and O–H groups in total. The molecular weight excluding hydrogens is 637 g/mol. The van der Waals surface area contributed by atoms with Crippen LogP contribution >= 0.6 is 23.2 Å². The molecule has 1 saturated carbocycles. The zero-order valence-electron chi connectivity index (χ0n) is 25.7. The van der Waals surface area contributed by atoms with Crippen LogP contribution in [0, 0.1) is 0 Å². The Hall–Kier alpha value is -3.47. The first-order chi connectivity index (χ1) is 21.5. The highest BCUT2D eigenvalue weighted by atomic mass is 35.5. The zero-order chi connectivity index (χ0) is 32.6. The first-order valence-electron chi connectivity index (χ1n) is 14.8. The van der Waals surface area contributed by atoms with Crippen LogP contribution < -0.4 is 19.1 Å². The highest BCUT2D eigenvalue weighted by Crippen LogP contribution is 2.34. The van der Waals surface area contributed by atoms with E-state index in [0.717, 1.165) is 48.2 Å². The van der Waals surface area contributed by atoms with Crippen LogP contribution in [-0.2, 0) is 32.6 Å². The minimum absolute atomic E-state index is 0.0125. The van der Waals surface area contributed by atoms with Crippen molar-refractivity contribution in [2.45, 2.75) is 57.2 Å². The minimum Gasteiger partial charge on any atom is -0.497 e. The Kier molecular flexibility index (Phi) is 12.0. The van der Waals surface area contributed by atoms with E-state index in [1.807, 2.05) is 30.3 Å². The molecule has 0 aromatic heterocycles. The van der Waals surface area contributed by atoms with Gasteiger partial charge in [-0.1, -0.05) is 78.9 Å². The van der Waals surface area contributed by atoms with Gasteiger partial charge < -0.3 is 19.7 Å². The fourth-order valence-corrected chi connectivity index (χ4v) is 6.91. The van der Waals surface area contributed by atoms with Crippen LogP contribution in [0.4, 0.5) is 5.69 Å². The molecule has 1 aliphatic rings. The summed E-state index contributed by atoms with van der Waals surface area (Å²) in [4.78, 5) is 29.9. The number of sulfonamides is 1.